The Balaban J connectivity index is 1.52. The van der Waals surface area contributed by atoms with Gasteiger partial charge in [-0.1, -0.05) is 30.3 Å². The number of nitrogens with two attached hydrogens (primary N) is 1. The highest BCUT2D eigenvalue weighted by atomic mass is 32.1. The zero-order valence-electron chi connectivity index (χ0n) is 16.7. The van der Waals surface area contributed by atoms with Crippen molar-refractivity contribution in [2.45, 2.75) is 6.42 Å². The van der Waals surface area contributed by atoms with E-state index in [9.17, 15) is 9.59 Å². The number of ether oxygens (including phenoxy) is 2. The summed E-state index contributed by atoms with van der Waals surface area (Å²) in [5.74, 6) is -0.562. The molecule has 0 saturated carbocycles. The summed E-state index contributed by atoms with van der Waals surface area (Å²) in [6.07, 6.45) is 1.06. The summed E-state index contributed by atoms with van der Waals surface area (Å²) >= 11 is 1.34. The van der Waals surface area contributed by atoms with E-state index in [1.165, 1.54) is 18.4 Å². The summed E-state index contributed by atoms with van der Waals surface area (Å²) in [6.45, 7) is 6.17. The second-order valence-electron chi connectivity index (χ2n) is 7.01. The molecule has 1 aliphatic heterocycles. The lowest BCUT2D eigenvalue weighted by atomic mass is 10.0. The third-order valence-electron chi connectivity index (χ3n) is 4.99. The van der Waals surface area contributed by atoms with Gasteiger partial charge in [-0.15, -0.1) is 11.3 Å². The summed E-state index contributed by atoms with van der Waals surface area (Å²) in [4.78, 5) is 26.3. The van der Waals surface area contributed by atoms with Gasteiger partial charge in [-0.05, 0) is 5.56 Å². The third kappa shape index (κ3) is 6.11. The predicted molar refractivity (Wildman–Crippen MR) is 112 cm³/mol. The largest absolute Gasteiger partial charge is 0.465 e. The topological polar surface area (TPSA) is 85.7 Å². The monoisotopic (exact) mass is 419 g/mol. The van der Waals surface area contributed by atoms with Gasteiger partial charge in [0.1, 0.15) is 23.7 Å². The molecule has 1 aliphatic rings. The smallest absolute Gasteiger partial charge is 0.341 e. The molecule has 29 heavy (non-hydrogen) atoms. The summed E-state index contributed by atoms with van der Waals surface area (Å²) in [6, 6.07) is 9.63. The van der Waals surface area contributed by atoms with Crippen LogP contribution in [0.5, 0.6) is 0 Å². The number of morpholine rings is 1. The van der Waals surface area contributed by atoms with Crippen LogP contribution < -0.4 is 15.5 Å². The van der Waals surface area contributed by atoms with Crippen molar-refractivity contribution in [2.24, 2.45) is 0 Å². The molecule has 2 aromatic rings. The number of methoxy groups -OCH3 is 1. The van der Waals surface area contributed by atoms with Gasteiger partial charge in [-0.3, -0.25) is 4.79 Å². The van der Waals surface area contributed by atoms with Gasteiger partial charge in [-0.25, -0.2) is 4.79 Å². The van der Waals surface area contributed by atoms with Crippen molar-refractivity contribution in [3.05, 3.63) is 41.3 Å². The van der Waals surface area contributed by atoms with Crippen LogP contribution in [-0.2, 0) is 14.3 Å². The number of esters is 1. The van der Waals surface area contributed by atoms with E-state index in [1.54, 1.807) is 4.90 Å². The van der Waals surface area contributed by atoms with Gasteiger partial charge in [-0.2, -0.15) is 0 Å². The molecule has 0 aliphatic carbocycles. The van der Waals surface area contributed by atoms with Gasteiger partial charge < -0.3 is 25.0 Å². The Morgan fingerprint density at radius 3 is 2.72 bits per heavy atom. The summed E-state index contributed by atoms with van der Waals surface area (Å²) in [7, 11) is 1.35. The van der Waals surface area contributed by atoms with Crippen LogP contribution in [0.25, 0.3) is 11.1 Å². The Bertz CT molecular complexity index is 804. The number of hydrogen-bond donors (Lipinski definition) is 3. The average Bonchev–Trinajstić information content (AvgIpc) is 3.17. The van der Waals surface area contributed by atoms with E-state index in [0.717, 1.165) is 56.9 Å². The molecule has 1 saturated heterocycles. The lowest BCUT2D eigenvalue weighted by Gasteiger charge is -2.23. The molecule has 4 N–H and O–H groups in total. The van der Waals surface area contributed by atoms with Crippen molar-refractivity contribution in [3.63, 3.8) is 0 Å². The molecular formula is C21H29N3O4S+2. The number of thiophene rings is 1. The van der Waals surface area contributed by atoms with Gasteiger partial charge in [0.15, 0.2) is 6.54 Å². The number of amides is 1. The van der Waals surface area contributed by atoms with E-state index >= 15 is 0 Å². The number of benzene rings is 1. The summed E-state index contributed by atoms with van der Waals surface area (Å²) in [5.41, 5.74) is 2.10. The molecule has 2 heterocycles. The fourth-order valence-corrected chi connectivity index (χ4v) is 4.38. The number of hydrogen-bond acceptors (Lipinski definition) is 5. The van der Waals surface area contributed by atoms with Crippen molar-refractivity contribution >= 4 is 28.2 Å². The molecule has 3 rings (SSSR count). The van der Waals surface area contributed by atoms with E-state index in [4.69, 9.17) is 9.47 Å². The second-order valence-corrected chi connectivity index (χ2v) is 7.89. The molecule has 0 radical (unpaired) electrons. The van der Waals surface area contributed by atoms with Crippen LogP contribution in [0.2, 0.25) is 0 Å². The molecule has 1 amide bonds. The van der Waals surface area contributed by atoms with Crippen LogP contribution in [0.4, 0.5) is 5.00 Å². The Kier molecular flexibility index (Phi) is 8.18. The maximum atomic E-state index is 12.4. The highest BCUT2D eigenvalue weighted by Crippen LogP contribution is 2.35. The summed E-state index contributed by atoms with van der Waals surface area (Å²) in [5, 5.41) is 7.31. The van der Waals surface area contributed by atoms with E-state index in [0.29, 0.717) is 17.1 Å². The van der Waals surface area contributed by atoms with Gasteiger partial charge in [0.05, 0.1) is 33.4 Å². The minimum absolute atomic E-state index is 0.115. The van der Waals surface area contributed by atoms with E-state index < -0.39 is 5.97 Å². The van der Waals surface area contributed by atoms with Gasteiger partial charge >= 0.3 is 5.97 Å². The minimum atomic E-state index is -0.446. The fraction of sp³-hybridized carbons (Fsp3) is 0.429. The highest BCUT2D eigenvalue weighted by molar-refractivity contribution is 7.15. The van der Waals surface area contributed by atoms with E-state index in [1.807, 2.05) is 41.0 Å². The number of anilines is 1. The van der Waals surface area contributed by atoms with Crippen LogP contribution in [0.1, 0.15) is 16.8 Å². The van der Waals surface area contributed by atoms with Crippen LogP contribution >= 0.6 is 11.3 Å². The molecule has 156 valence electrons. The highest BCUT2D eigenvalue weighted by Gasteiger charge is 2.22. The Hall–Kier alpha value is -2.26. The molecular weight excluding hydrogens is 390 g/mol. The molecule has 1 aromatic carbocycles. The molecule has 0 unspecified atom stereocenters. The van der Waals surface area contributed by atoms with Crippen molar-refractivity contribution in [1.29, 1.82) is 0 Å². The fourth-order valence-electron chi connectivity index (χ4n) is 3.40. The minimum Gasteiger partial charge on any atom is -0.465 e. The number of nitrogens with one attached hydrogen (secondary N) is 2. The Morgan fingerprint density at radius 1 is 1.24 bits per heavy atom. The lowest BCUT2D eigenvalue weighted by molar-refractivity contribution is -0.909. The zero-order chi connectivity index (χ0) is 20.5. The second kappa shape index (κ2) is 11.1. The molecule has 0 spiro atoms. The van der Waals surface area contributed by atoms with Crippen molar-refractivity contribution in [2.75, 3.05) is 58.4 Å². The number of carbonyl (C=O) groups is 2. The maximum absolute atomic E-state index is 12.4. The number of rotatable bonds is 9. The molecule has 8 heteroatoms. The van der Waals surface area contributed by atoms with Gasteiger partial charge in [0.2, 0.25) is 0 Å². The average molecular weight is 420 g/mol. The van der Waals surface area contributed by atoms with E-state index in [2.05, 4.69) is 5.32 Å². The van der Waals surface area contributed by atoms with Gasteiger partial charge in [0.25, 0.3) is 5.91 Å². The molecule has 1 fully saturated rings. The normalized spacial score (nSPS) is 14.5. The molecule has 0 atom stereocenters. The first-order valence-corrected chi connectivity index (χ1v) is 10.8. The van der Waals surface area contributed by atoms with Crippen LogP contribution in [0.15, 0.2) is 35.7 Å². The van der Waals surface area contributed by atoms with E-state index in [-0.39, 0.29) is 5.91 Å². The molecule has 1 aromatic heterocycles. The third-order valence-corrected chi connectivity index (χ3v) is 5.88. The van der Waals surface area contributed by atoms with Crippen LogP contribution in [-0.4, -0.2) is 64.9 Å². The van der Waals surface area contributed by atoms with Crippen molar-refractivity contribution in [1.82, 2.24) is 0 Å². The first kappa shape index (κ1) is 21.4. The molecule has 0 bridgehead atoms. The number of carbonyl (C=O) groups excluding carboxylic acids is 2. The quantitative estimate of drug-likeness (QED) is 0.395. The Morgan fingerprint density at radius 2 is 2.00 bits per heavy atom. The summed E-state index contributed by atoms with van der Waals surface area (Å²) < 4.78 is 10.3. The van der Waals surface area contributed by atoms with Gasteiger partial charge in [0, 0.05) is 17.4 Å². The Labute approximate surface area is 175 Å². The van der Waals surface area contributed by atoms with Crippen molar-refractivity contribution < 1.29 is 29.3 Å². The number of quaternary nitrogens is 2. The standard InChI is InChI=1S/C21H27N3O4S/c1-27-21(26)19-17(16-6-3-2-4-7-16)15-29-20(19)23-18(25)14-22-8-5-9-24-10-12-28-13-11-24/h2-4,6-7,15,22H,5,8-14H2,1H3,(H,23,25)/p+2. The maximum Gasteiger partial charge on any atom is 0.341 e. The SMILES string of the molecule is COC(=O)c1c(-c2ccccc2)csc1NC(=O)C[NH2+]CCC[NH+]1CCOCC1. The van der Waals surface area contributed by atoms with Crippen molar-refractivity contribution in [3.8, 4) is 11.1 Å². The van der Waals surface area contributed by atoms with Crippen LogP contribution in [0.3, 0.4) is 0 Å². The first-order chi connectivity index (χ1) is 14.2. The molecule has 7 nitrogen and oxygen atoms in total. The zero-order valence-corrected chi connectivity index (χ0v) is 17.6. The first-order valence-electron chi connectivity index (χ1n) is 9.97. The lowest BCUT2D eigenvalue weighted by Crippen LogP contribution is -3.14. The predicted octanol–water partition coefficient (Wildman–Crippen LogP) is 0.00880. The van der Waals surface area contributed by atoms with Crippen LogP contribution in [0, 0.1) is 0 Å².